The molecule has 4 rings (SSSR count). The highest BCUT2D eigenvalue weighted by atomic mass is 32.2. The van der Waals surface area contributed by atoms with Gasteiger partial charge in [0.05, 0.1) is 4.90 Å². The number of hydrogen-bond acceptors (Lipinski definition) is 5. The molecule has 3 heterocycles. The number of hydrogen-bond donors (Lipinski definition) is 0. The van der Waals surface area contributed by atoms with Crippen molar-refractivity contribution in [2.75, 3.05) is 24.5 Å². The van der Waals surface area contributed by atoms with Crippen molar-refractivity contribution >= 4 is 21.6 Å². The summed E-state index contributed by atoms with van der Waals surface area (Å²) in [6.45, 7) is 3.40. The third kappa shape index (κ3) is 2.93. The third-order valence-electron chi connectivity index (χ3n) is 4.99. The van der Waals surface area contributed by atoms with Crippen LogP contribution in [0.3, 0.4) is 0 Å². The Morgan fingerprint density at radius 3 is 2.58 bits per heavy atom. The molecule has 0 saturated carbocycles. The number of benzene rings is 1. The summed E-state index contributed by atoms with van der Waals surface area (Å²) in [6, 6.07) is 6.64. The van der Waals surface area contributed by atoms with Gasteiger partial charge in [-0.3, -0.25) is 4.79 Å². The van der Waals surface area contributed by atoms with Crippen molar-refractivity contribution in [3.8, 4) is 0 Å². The van der Waals surface area contributed by atoms with Gasteiger partial charge in [0.25, 0.3) is 5.91 Å². The van der Waals surface area contributed by atoms with Gasteiger partial charge in [0.15, 0.2) is 5.69 Å². The van der Waals surface area contributed by atoms with Crippen LogP contribution in [0.15, 0.2) is 33.7 Å². The molecule has 1 aromatic carbocycles. The van der Waals surface area contributed by atoms with Crippen LogP contribution in [0.2, 0.25) is 0 Å². The van der Waals surface area contributed by atoms with Gasteiger partial charge in [0.2, 0.25) is 10.0 Å². The van der Waals surface area contributed by atoms with Crippen molar-refractivity contribution in [2.24, 2.45) is 0 Å². The van der Waals surface area contributed by atoms with Crippen molar-refractivity contribution in [2.45, 2.75) is 37.5 Å². The molecule has 2 aliphatic rings. The molecule has 0 bridgehead atoms. The van der Waals surface area contributed by atoms with E-state index in [1.807, 2.05) is 0 Å². The number of carbonyl (C=O) groups excluding carboxylic acids is 1. The number of rotatable bonds is 3. The van der Waals surface area contributed by atoms with E-state index in [1.54, 1.807) is 40.4 Å². The van der Waals surface area contributed by atoms with Gasteiger partial charge < -0.3 is 9.42 Å². The number of aryl methyl sites for hydroxylation is 1. The second kappa shape index (κ2) is 6.51. The fourth-order valence-corrected chi connectivity index (χ4v) is 5.18. The van der Waals surface area contributed by atoms with Gasteiger partial charge in [-0.15, -0.1) is 0 Å². The number of sulfonamides is 1. The maximum Gasteiger partial charge on any atom is 0.280 e. The van der Waals surface area contributed by atoms with E-state index in [0.29, 0.717) is 36.7 Å². The standard InChI is InChI=1S/C18H21N3O4S/c1-13-11-16(19-25-13)18(22)21-10-7-14-12-15(5-6-17(14)21)26(23,24)20-8-3-2-4-9-20/h5-6,11-12H,2-4,7-10H2,1H3. The lowest BCUT2D eigenvalue weighted by Crippen LogP contribution is -2.35. The molecular formula is C18H21N3O4S. The number of anilines is 1. The summed E-state index contributed by atoms with van der Waals surface area (Å²) in [5, 5.41) is 3.78. The van der Waals surface area contributed by atoms with E-state index in [1.165, 1.54) is 0 Å². The van der Waals surface area contributed by atoms with Gasteiger partial charge in [-0.05, 0) is 49.9 Å². The van der Waals surface area contributed by atoms with E-state index in [0.717, 1.165) is 30.5 Å². The van der Waals surface area contributed by atoms with Gasteiger partial charge in [-0.1, -0.05) is 11.6 Å². The van der Waals surface area contributed by atoms with Crippen molar-refractivity contribution in [3.05, 3.63) is 41.3 Å². The highest BCUT2D eigenvalue weighted by molar-refractivity contribution is 7.89. The minimum Gasteiger partial charge on any atom is -0.361 e. The number of aromatic nitrogens is 1. The number of piperidine rings is 1. The lowest BCUT2D eigenvalue weighted by molar-refractivity contribution is 0.0980. The molecule has 1 fully saturated rings. The molecule has 1 saturated heterocycles. The fraction of sp³-hybridized carbons (Fsp3) is 0.444. The zero-order valence-electron chi connectivity index (χ0n) is 14.6. The first-order valence-electron chi connectivity index (χ1n) is 8.85. The van der Waals surface area contributed by atoms with E-state index in [9.17, 15) is 13.2 Å². The average molecular weight is 375 g/mol. The maximum atomic E-state index is 12.8. The lowest BCUT2D eigenvalue weighted by Gasteiger charge is -2.26. The van der Waals surface area contributed by atoms with E-state index in [2.05, 4.69) is 5.16 Å². The van der Waals surface area contributed by atoms with Crippen molar-refractivity contribution < 1.29 is 17.7 Å². The summed E-state index contributed by atoms with van der Waals surface area (Å²) in [5.74, 6) is 0.350. The number of amides is 1. The summed E-state index contributed by atoms with van der Waals surface area (Å²) in [5.41, 5.74) is 1.88. The van der Waals surface area contributed by atoms with Crippen LogP contribution in [-0.2, 0) is 16.4 Å². The second-order valence-corrected chi connectivity index (χ2v) is 8.72. The van der Waals surface area contributed by atoms with Crippen molar-refractivity contribution in [3.63, 3.8) is 0 Å². The van der Waals surface area contributed by atoms with Crippen LogP contribution >= 0.6 is 0 Å². The molecule has 7 nitrogen and oxygen atoms in total. The molecule has 2 aromatic rings. The number of nitrogens with zero attached hydrogens (tertiary/aromatic N) is 3. The van der Waals surface area contributed by atoms with Crippen molar-refractivity contribution in [1.82, 2.24) is 9.46 Å². The first-order chi connectivity index (χ1) is 12.5. The Hall–Kier alpha value is -2.19. The molecule has 0 N–H and O–H groups in total. The minimum atomic E-state index is -3.47. The van der Waals surface area contributed by atoms with Gasteiger partial charge in [0.1, 0.15) is 5.76 Å². The van der Waals surface area contributed by atoms with E-state index < -0.39 is 10.0 Å². The third-order valence-corrected chi connectivity index (χ3v) is 6.89. The SMILES string of the molecule is Cc1cc(C(=O)N2CCc3cc(S(=O)(=O)N4CCCCC4)ccc32)no1. The van der Waals surface area contributed by atoms with Crippen LogP contribution in [0.25, 0.3) is 0 Å². The predicted octanol–water partition coefficient (Wildman–Crippen LogP) is 2.36. The molecule has 0 atom stereocenters. The molecule has 26 heavy (non-hydrogen) atoms. The quantitative estimate of drug-likeness (QED) is 0.822. The van der Waals surface area contributed by atoms with Crippen LogP contribution < -0.4 is 4.90 Å². The molecule has 0 unspecified atom stereocenters. The Labute approximate surface area is 152 Å². The summed E-state index contributed by atoms with van der Waals surface area (Å²) in [4.78, 5) is 14.6. The smallest absolute Gasteiger partial charge is 0.280 e. The normalized spacial score (nSPS) is 18.1. The minimum absolute atomic E-state index is 0.229. The van der Waals surface area contributed by atoms with Crippen LogP contribution in [0.1, 0.15) is 41.1 Å². The van der Waals surface area contributed by atoms with Crippen LogP contribution in [-0.4, -0.2) is 43.4 Å². The average Bonchev–Trinajstić information content (AvgIpc) is 3.27. The summed E-state index contributed by atoms with van der Waals surface area (Å²) in [6.07, 6.45) is 3.52. The molecule has 8 heteroatoms. The topological polar surface area (TPSA) is 83.7 Å². The Bertz CT molecular complexity index is 945. The molecule has 0 spiro atoms. The predicted molar refractivity (Wildman–Crippen MR) is 95.7 cm³/mol. The highest BCUT2D eigenvalue weighted by Crippen LogP contribution is 2.32. The Morgan fingerprint density at radius 1 is 1.12 bits per heavy atom. The van der Waals surface area contributed by atoms with Gasteiger partial charge in [-0.25, -0.2) is 8.42 Å². The Balaban J connectivity index is 1.61. The molecule has 2 aliphatic heterocycles. The monoisotopic (exact) mass is 375 g/mol. The molecule has 0 aliphatic carbocycles. The molecule has 0 radical (unpaired) electrons. The first-order valence-corrected chi connectivity index (χ1v) is 10.3. The van der Waals surface area contributed by atoms with Crippen molar-refractivity contribution in [1.29, 1.82) is 0 Å². The van der Waals surface area contributed by atoms with Crippen LogP contribution in [0.4, 0.5) is 5.69 Å². The second-order valence-electron chi connectivity index (χ2n) is 6.78. The van der Waals surface area contributed by atoms with Gasteiger partial charge in [-0.2, -0.15) is 4.31 Å². The molecular weight excluding hydrogens is 354 g/mol. The fourth-order valence-electron chi connectivity index (χ4n) is 3.61. The largest absolute Gasteiger partial charge is 0.361 e. The lowest BCUT2D eigenvalue weighted by atomic mass is 10.2. The zero-order chi connectivity index (χ0) is 18.3. The van der Waals surface area contributed by atoms with E-state index >= 15 is 0 Å². The summed E-state index contributed by atoms with van der Waals surface area (Å²) < 4.78 is 32.2. The zero-order valence-corrected chi connectivity index (χ0v) is 15.5. The van der Waals surface area contributed by atoms with Gasteiger partial charge in [0, 0.05) is 31.4 Å². The van der Waals surface area contributed by atoms with E-state index in [4.69, 9.17) is 4.52 Å². The summed E-state index contributed by atoms with van der Waals surface area (Å²) in [7, 11) is -3.47. The Morgan fingerprint density at radius 2 is 1.88 bits per heavy atom. The Kier molecular flexibility index (Phi) is 4.32. The number of carbonyl (C=O) groups is 1. The van der Waals surface area contributed by atoms with Crippen LogP contribution in [0, 0.1) is 6.92 Å². The molecule has 1 aromatic heterocycles. The van der Waals surface area contributed by atoms with Crippen LogP contribution in [0.5, 0.6) is 0 Å². The maximum absolute atomic E-state index is 12.8. The summed E-state index contributed by atoms with van der Waals surface area (Å²) >= 11 is 0. The first kappa shape index (κ1) is 17.2. The molecule has 1 amide bonds. The molecule has 138 valence electrons. The number of fused-ring (bicyclic) bond motifs is 1. The highest BCUT2D eigenvalue weighted by Gasteiger charge is 2.31. The van der Waals surface area contributed by atoms with Gasteiger partial charge >= 0.3 is 0 Å². The van der Waals surface area contributed by atoms with E-state index in [-0.39, 0.29) is 11.6 Å².